The van der Waals surface area contributed by atoms with Crippen LogP contribution in [0.2, 0.25) is 0 Å². The van der Waals surface area contributed by atoms with Gasteiger partial charge in [0.2, 0.25) is 5.82 Å². The molecular formula is C15H12F5N5O. The van der Waals surface area contributed by atoms with E-state index in [1.165, 1.54) is 36.4 Å². The predicted molar refractivity (Wildman–Crippen MR) is 80.9 cm³/mol. The van der Waals surface area contributed by atoms with Gasteiger partial charge in [0, 0.05) is 0 Å². The quantitative estimate of drug-likeness (QED) is 0.681. The van der Waals surface area contributed by atoms with E-state index in [2.05, 4.69) is 25.3 Å². The van der Waals surface area contributed by atoms with Gasteiger partial charge in [0.1, 0.15) is 11.6 Å². The average Bonchev–Trinajstić information content (AvgIpc) is 2.97. The zero-order valence-corrected chi connectivity index (χ0v) is 13.2. The molecule has 11 heteroatoms. The van der Waals surface area contributed by atoms with Crippen LogP contribution in [0.4, 0.5) is 27.8 Å². The van der Waals surface area contributed by atoms with Crippen molar-refractivity contribution in [1.29, 1.82) is 0 Å². The van der Waals surface area contributed by atoms with Crippen molar-refractivity contribution in [3.05, 3.63) is 47.8 Å². The molecule has 0 saturated heterocycles. The lowest BCUT2D eigenvalue weighted by Gasteiger charge is -2.16. The Balaban J connectivity index is 1.76. The molecule has 2 heterocycles. The summed E-state index contributed by atoms with van der Waals surface area (Å²) in [6.07, 6.45) is -7.59. The van der Waals surface area contributed by atoms with E-state index in [1.54, 1.807) is 6.92 Å². The molecule has 6 nitrogen and oxygen atoms in total. The fourth-order valence-electron chi connectivity index (χ4n) is 2.28. The van der Waals surface area contributed by atoms with E-state index in [0.717, 1.165) is 4.52 Å². The van der Waals surface area contributed by atoms with Gasteiger partial charge in [-0.1, -0.05) is 12.1 Å². The summed E-state index contributed by atoms with van der Waals surface area (Å²) in [6.45, 7) is 1.74. The highest BCUT2D eigenvalue weighted by atomic mass is 19.4. The number of anilines is 1. The second-order valence-electron chi connectivity index (χ2n) is 5.33. The van der Waals surface area contributed by atoms with Crippen LogP contribution < -0.4 is 10.1 Å². The first-order valence-corrected chi connectivity index (χ1v) is 7.36. The molecule has 0 aliphatic heterocycles. The Morgan fingerprint density at radius 2 is 1.73 bits per heavy atom. The number of rotatable bonds is 5. The van der Waals surface area contributed by atoms with Gasteiger partial charge in [0.05, 0.1) is 6.04 Å². The third kappa shape index (κ3) is 3.98. The maximum atomic E-state index is 12.9. The number of alkyl halides is 5. The standard InChI is InChI=1S/C15H12F5N5O/c1-8(9-2-4-10(5-3-9)26-15(18,19)20)21-11-6-7-12-22-23-14(13(16)17)25(12)24-11/h2-8,13H,1H3,(H,21,24)/t8-/m0/s1. The van der Waals surface area contributed by atoms with E-state index in [0.29, 0.717) is 5.56 Å². The summed E-state index contributed by atoms with van der Waals surface area (Å²) in [5.74, 6) is -0.633. The number of halogens is 5. The van der Waals surface area contributed by atoms with Crippen LogP contribution >= 0.6 is 0 Å². The smallest absolute Gasteiger partial charge is 0.406 e. The van der Waals surface area contributed by atoms with Crippen LogP contribution in [0.5, 0.6) is 5.75 Å². The number of nitrogens with zero attached hydrogens (tertiary/aromatic N) is 4. The van der Waals surface area contributed by atoms with Crippen LogP contribution in [-0.2, 0) is 0 Å². The third-order valence-corrected chi connectivity index (χ3v) is 3.46. The molecule has 3 rings (SSSR count). The second kappa shape index (κ2) is 6.73. The van der Waals surface area contributed by atoms with Gasteiger partial charge in [-0.25, -0.2) is 8.78 Å². The number of ether oxygens (including phenoxy) is 1. The summed E-state index contributed by atoms with van der Waals surface area (Å²) in [5, 5.41) is 14.0. The first-order valence-electron chi connectivity index (χ1n) is 7.36. The highest BCUT2D eigenvalue weighted by molar-refractivity contribution is 5.45. The summed E-state index contributed by atoms with van der Waals surface area (Å²) in [5.41, 5.74) is 0.825. The average molecular weight is 373 g/mol. The molecule has 2 aromatic heterocycles. The molecule has 0 amide bonds. The number of benzene rings is 1. The lowest BCUT2D eigenvalue weighted by Crippen LogP contribution is -2.17. The van der Waals surface area contributed by atoms with Gasteiger partial charge in [-0.05, 0) is 36.8 Å². The van der Waals surface area contributed by atoms with Crippen molar-refractivity contribution in [2.75, 3.05) is 5.32 Å². The fourth-order valence-corrected chi connectivity index (χ4v) is 2.28. The Hall–Kier alpha value is -2.98. The third-order valence-electron chi connectivity index (χ3n) is 3.46. The summed E-state index contributed by atoms with van der Waals surface area (Å²) >= 11 is 0. The maximum absolute atomic E-state index is 12.9. The summed E-state index contributed by atoms with van der Waals surface area (Å²) in [7, 11) is 0. The van der Waals surface area contributed by atoms with Crippen molar-refractivity contribution in [3.63, 3.8) is 0 Å². The minimum atomic E-state index is -4.76. The van der Waals surface area contributed by atoms with E-state index >= 15 is 0 Å². The van der Waals surface area contributed by atoms with Gasteiger partial charge in [0.25, 0.3) is 6.43 Å². The SMILES string of the molecule is C[C@H](Nc1ccc2nnc(C(F)F)n2n1)c1ccc(OC(F)(F)F)cc1. The Morgan fingerprint density at radius 1 is 1.04 bits per heavy atom. The van der Waals surface area contributed by atoms with Crippen LogP contribution in [0.25, 0.3) is 5.65 Å². The minimum absolute atomic E-state index is 0.173. The Labute approximate surface area is 143 Å². The molecule has 0 bridgehead atoms. The van der Waals surface area contributed by atoms with Crippen molar-refractivity contribution in [2.45, 2.75) is 25.8 Å². The maximum Gasteiger partial charge on any atom is 0.573 e. The zero-order chi connectivity index (χ0) is 18.9. The van der Waals surface area contributed by atoms with Crippen LogP contribution in [0.1, 0.15) is 30.8 Å². The molecule has 138 valence electrons. The molecule has 1 N–H and O–H groups in total. The first-order chi connectivity index (χ1) is 12.2. The molecule has 0 aliphatic rings. The Bertz CT molecular complexity index is 894. The number of hydrogen-bond acceptors (Lipinski definition) is 5. The van der Waals surface area contributed by atoms with Crippen molar-refractivity contribution in [2.24, 2.45) is 0 Å². The van der Waals surface area contributed by atoms with Gasteiger partial charge < -0.3 is 10.1 Å². The van der Waals surface area contributed by atoms with Crippen LogP contribution in [0.15, 0.2) is 36.4 Å². The Morgan fingerprint density at radius 3 is 2.35 bits per heavy atom. The molecule has 0 fully saturated rings. The van der Waals surface area contributed by atoms with Gasteiger partial charge in [-0.2, -0.15) is 4.52 Å². The van der Waals surface area contributed by atoms with Gasteiger partial charge >= 0.3 is 6.36 Å². The topological polar surface area (TPSA) is 64.3 Å². The van der Waals surface area contributed by atoms with Crippen molar-refractivity contribution < 1.29 is 26.7 Å². The van der Waals surface area contributed by atoms with Crippen molar-refractivity contribution in [3.8, 4) is 5.75 Å². The highest BCUT2D eigenvalue weighted by Crippen LogP contribution is 2.25. The second-order valence-corrected chi connectivity index (χ2v) is 5.33. The normalized spacial score (nSPS) is 13.2. The number of aromatic nitrogens is 4. The molecule has 0 spiro atoms. The molecule has 26 heavy (non-hydrogen) atoms. The molecular weight excluding hydrogens is 361 g/mol. The lowest BCUT2D eigenvalue weighted by molar-refractivity contribution is -0.274. The summed E-state index contributed by atoms with van der Waals surface area (Å²) < 4.78 is 67.0. The van der Waals surface area contributed by atoms with Gasteiger partial charge in [-0.15, -0.1) is 28.5 Å². The largest absolute Gasteiger partial charge is 0.573 e. The monoisotopic (exact) mass is 373 g/mol. The minimum Gasteiger partial charge on any atom is -0.406 e. The fraction of sp³-hybridized carbons (Fsp3) is 0.267. The van der Waals surface area contributed by atoms with Crippen LogP contribution in [-0.4, -0.2) is 26.2 Å². The Kier molecular flexibility index (Phi) is 4.62. The van der Waals surface area contributed by atoms with Gasteiger partial charge in [-0.3, -0.25) is 0 Å². The highest BCUT2D eigenvalue weighted by Gasteiger charge is 2.31. The van der Waals surface area contributed by atoms with Crippen molar-refractivity contribution in [1.82, 2.24) is 19.8 Å². The molecule has 3 aromatic rings. The number of hydrogen-bond donors (Lipinski definition) is 1. The van der Waals surface area contributed by atoms with E-state index in [-0.39, 0.29) is 23.3 Å². The van der Waals surface area contributed by atoms with Crippen molar-refractivity contribution >= 4 is 11.5 Å². The zero-order valence-electron chi connectivity index (χ0n) is 13.2. The molecule has 0 unspecified atom stereocenters. The summed E-state index contributed by atoms with van der Waals surface area (Å²) in [6, 6.07) is 7.95. The number of nitrogens with one attached hydrogen (secondary N) is 1. The van der Waals surface area contributed by atoms with Gasteiger partial charge in [0.15, 0.2) is 5.65 Å². The van der Waals surface area contributed by atoms with Crippen LogP contribution in [0.3, 0.4) is 0 Å². The van der Waals surface area contributed by atoms with E-state index in [4.69, 9.17) is 0 Å². The molecule has 0 radical (unpaired) electrons. The van der Waals surface area contributed by atoms with E-state index in [9.17, 15) is 22.0 Å². The molecule has 1 aromatic carbocycles. The molecule has 0 saturated carbocycles. The van der Waals surface area contributed by atoms with Crippen LogP contribution in [0, 0.1) is 0 Å². The molecule has 0 aliphatic carbocycles. The summed E-state index contributed by atoms with van der Waals surface area (Å²) in [4.78, 5) is 0. The number of fused-ring (bicyclic) bond motifs is 1. The van der Waals surface area contributed by atoms with E-state index < -0.39 is 18.6 Å². The lowest BCUT2D eigenvalue weighted by atomic mass is 10.1. The molecule has 1 atom stereocenters. The van der Waals surface area contributed by atoms with E-state index in [1.807, 2.05) is 0 Å². The first kappa shape index (κ1) is 17.8. The predicted octanol–water partition coefficient (Wildman–Crippen LogP) is 4.13.